The van der Waals surface area contributed by atoms with Crippen LogP contribution in [0.2, 0.25) is 5.02 Å². The van der Waals surface area contributed by atoms with E-state index in [9.17, 15) is 8.42 Å². The Kier molecular flexibility index (Phi) is 2.99. The van der Waals surface area contributed by atoms with Gasteiger partial charge in [0.1, 0.15) is 0 Å². The Hall–Kier alpha value is -1.25. The standard InChI is InChI=1S/C8H7ClN2O2S/c1-14(12,13)11(6-10)8-4-2-7(9)3-5-8/h2-5H,1H3. The molecule has 6 heteroatoms. The van der Waals surface area contributed by atoms with Gasteiger partial charge in [-0.3, -0.25) is 0 Å². The maximum Gasteiger partial charge on any atom is 0.244 e. The van der Waals surface area contributed by atoms with Gasteiger partial charge in [0.25, 0.3) is 0 Å². The largest absolute Gasteiger partial charge is 0.244 e. The highest BCUT2D eigenvalue weighted by Gasteiger charge is 2.16. The van der Waals surface area contributed by atoms with Gasteiger partial charge >= 0.3 is 0 Å². The zero-order valence-electron chi connectivity index (χ0n) is 7.31. The molecule has 0 aliphatic heterocycles. The first-order chi connectivity index (χ1) is 6.45. The molecular formula is C8H7ClN2O2S. The Morgan fingerprint density at radius 3 is 2.21 bits per heavy atom. The van der Waals surface area contributed by atoms with Gasteiger partial charge in [0.2, 0.25) is 10.0 Å². The van der Waals surface area contributed by atoms with Crippen molar-refractivity contribution in [3.05, 3.63) is 29.3 Å². The number of rotatable bonds is 2. The van der Waals surface area contributed by atoms with Crippen molar-refractivity contribution in [2.24, 2.45) is 0 Å². The van der Waals surface area contributed by atoms with Gasteiger partial charge in [-0.2, -0.15) is 9.57 Å². The SMILES string of the molecule is CS(=O)(=O)N(C#N)c1ccc(Cl)cc1. The van der Waals surface area contributed by atoms with Gasteiger partial charge in [-0.05, 0) is 24.3 Å². The molecule has 0 spiro atoms. The van der Waals surface area contributed by atoms with Crippen LogP contribution in [0, 0.1) is 11.5 Å². The smallest absolute Gasteiger partial charge is 0.206 e. The second kappa shape index (κ2) is 3.86. The van der Waals surface area contributed by atoms with Crippen LogP contribution in [0.25, 0.3) is 0 Å². The van der Waals surface area contributed by atoms with Gasteiger partial charge in [-0.25, -0.2) is 8.42 Å². The van der Waals surface area contributed by atoms with Gasteiger partial charge < -0.3 is 0 Å². The summed E-state index contributed by atoms with van der Waals surface area (Å²) in [6.45, 7) is 0. The first-order valence-corrected chi connectivity index (χ1v) is 5.83. The lowest BCUT2D eigenvalue weighted by atomic mass is 10.3. The van der Waals surface area contributed by atoms with Crippen molar-refractivity contribution in [2.45, 2.75) is 0 Å². The summed E-state index contributed by atoms with van der Waals surface area (Å²) in [5, 5.41) is 9.13. The minimum Gasteiger partial charge on any atom is -0.206 e. The van der Waals surface area contributed by atoms with E-state index in [1.807, 2.05) is 0 Å². The molecule has 0 atom stereocenters. The highest BCUT2D eigenvalue weighted by Crippen LogP contribution is 2.19. The summed E-state index contributed by atoms with van der Waals surface area (Å²) in [5.41, 5.74) is 0.277. The second-order valence-electron chi connectivity index (χ2n) is 2.60. The van der Waals surface area contributed by atoms with Crippen LogP contribution in [0.3, 0.4) is 0 Å². The Balaban J connectivity index is 3.17. The molecular weight excluding hydrogens is 224 g/mol. The topological polar surface area (TPSA) is 61.2 Å². The molecule has 0 aromatic heterocycles. The molecule has 14 heavy (non-hydrogen) atoms. The van der Waals surface area contributed by atoms with E-state index in [-0.39, 0.29) is 5.69 Å². The molecule has 0 unspecified atom stereocenters. The second-order valence-corrected chi connectivity index (χ2v) is 4.87. The maximum atomic E-state index is 11.1. The molecule has 0 saturated heterocycles. The van der Waals surface area contributed by atoms with Crippen molar-refractivity contribution in [2.75, 3.05) is 10.6 Å². The molecule has 4 nitrogen and oxygen atoms in total. The summed E-state index contributed by atoms with van der Waals surface area (Å²) in [5.74, 6) is 0. The average molecular weight is 231 g/mol. The molecule has 0 amide bonds. The van der Waals surface area contributed by atoms with E-state index >= 15 is 0 Å². The van der Waals surface area contributed by atoms with Gasteiger partial charge in [-0.1, -0.05) is 11.6 Å². The fourth-order valence-electron chi connectivity index (χ4n) is 0.900. The Labute approximate surface area is 87.4 Å². The van der Waals surface area contributed by atoms with Crippen molar-refractivity contribution in [3.8, 4) is 6.19 Å². The zero-order chi connectivity index (χ0) is 10.8. The Bertz CT molecular complexity index is 461. The third kappa shape index (κ3) is 2.37. The van der Waals surface area contributed by atoms with Crippen LogP contribution in [-0.2, 0) is 10.0 Å². The normalized spacial score (nSPS) is 10.6. The molecule has 0 N–H and O–H groups in total. The minimum atomic E-state index is -3.55. The molecule has 0 aliphatic carbocycles. The molecule has 0 aliphatic rings. The molecule has 0 heterocycles. The number of sulfonamides is 1. The monoisotopic (exact) mass is 230 g/mol. The van der Waals surface area contributed by atoms with Crippen molar-refractivity contribution in [1.29, 1.82) is 5.26 Å². The van der Waals surface area contributed by atoms with E-state index in [0.717, 1.165) is 6.26 Å². The first-order valence-electron chi connectivity index (χ1n) is 3.61. The van der Waals surface area contributed by atoms with Crippen molar-refractivity contribution in [1.82, 2.24) is 0 Å². The zero-order valence-corrected chi connectivity index (χ0v) is 8.88. The van der Waals surface area contributed by atoms with E-state index in [4.69, 9.17) is 16.9 Å². The van der Waals surface area contributed by atoms with Crippen LogP contribution in [0.15, 0.2) is 24.3 Å². The first kappa shape index (κ1) is 10.8. The van der Waals surface area contributed by atoms with Gasteiger partial charge in [0.15, 0.2) is 6.19 Å². The summed E-state index contributed by atoms with van der Waals surface area (Å²) >= 11 is 5.62. The Morgan fingerprint density at radius 1 is 1.36 bits per heavy atom. The predicted molar refractivity (Wildman–Crippen MR) is 54.4 cm³/mol. The number of hydrogen-bond acceptors (Lipinski definition) is 3. The van der Waals surface area contributed by atoms with Crippen LogP contribution < -0.4 is 4.31 Å². The molecule has 74 valence electrons. The van der Waals surface area contributed by atoms with E-state index in [0.29, 0.717) is 9.33 Å². The number of anilines is 1. The average Bonchev–Trinajstić information content (AvgIpc) is 2.07. The van der Waals surface area contributed by atoms with Crippen molar-refractivity contribution in [3.63, 3.8) is 0 Å². The molecule has 0 fully saturated rings. The summed E-state index contributed by atoms with van der Waals surface area (Å²) in [4.78, 5) is 0. The molecule has 1 aromatic carbocycles. The quantitative estimate of drug-likeness (QED) is 0.573. The predicted octanol–water partition coefficient (Wildman–Crippen LogP) is 1.59. The lowest BCUT2D eigenvalue weighted by molar-refractivity contribution is 0.602. The lowest BCUT2D eigenvalue weighted by Gasteiger charge is -2.12. The summed E-state index contributed by atoms with van der Waals surface area (Å²) in [7, 11) is -3.55. The van der Waals surface area contributed by atoms with Crippen LogP contribution in [-0.4, -0.2) is 14.7 Å². The molecule has 0 radical (unpaired) electrons. The van der Waals surface area contributed by atoms with Crippen LogP contribution in [0.4, 0.5) is 5.69 Å². The number of benzene rings is 1. The molecule has 1 aromatic rings. The lowest BCUT2D eigenvalue weighted by Crippen LogP contribution is -2.24. The van der Waals surface area contributed by atoms with E-state index < -0.39 is 10.0 Å². The van der Waals surface area contributed by atoms with Crippen molar-refractivity contribution >= 4 is 27.3 Å². The van der Waals surface area contributed by atoms with Crippen LogP contribution >= 0.6 is 11.6 Å². The highest BCUT2D eigenvalue weighted by molar-refractivity contribution is 7.92. The number of nitrogens with zero attached hydrogens (tertiary/aromatic N) is 2. The van der Waals surface area contributed by atoms with E-state index in [1.54, 1.807) is 6.19 Å². The molecule has 0 bridgehead atoms. The summed E-state index contributed by atoms with van der Waals surface area (Å²) in [6.07, 6.45) is 2.54. The maximum absolute atomic E-state index is 11.1. The van der Waals surface area contributed by atoms with Crippen LogP contribution in [0.1, 0.15) is 0 Å². The third-order valence-corrected chi connectivity index (χ3v) is 2.69. The Morgan fingerprint density at radius 2 is 1.86 bits per heavy atom. The minimum absolute atomic E-state index is 0.277. The summed E-state index contributed by atoms with van der Waals surface area (Å²) in [6, 6.07) is 5.97. The third-order valence-electron chi connectivity index (χ3n) is 1.48. The number of hydrogen-bond donors (Lipinski definition) is 0. The van der Waals surface area contributed by atoms with Gasteiger partial charge in [-0.15, -0.1) is 0 Å². The highest BCUT2D eigenvalue weighted by atomic mass is 35.5. The van der Waals surface area contributed by atoms with Gasteiger partial charge in [0.05, 0.1) is 11.9 Å². The number of halogens is 1. The van der Waals surface area contributed by atoms with Crippen LogP contribution in [0.5, 0.6) is 0 Å². The fourth-order valence-corrected chi connectivity index (χ4v) is 1.68. The van der Waals surface area contributed by atoms with E-state index in [1.165, 1.54) is 24.3 Å². The molecule has 1 rings (SSSR count). The van der Waals surface area contributed by atoms with E-state index in [2.05, 4.69) is 0 Å². The molecule has 0 saturated carbocycles. The summed E-state index contributed by atoms with van der Waals surface area (Å²) < 4.78 is 22.9. The fraction of sp³-hybridized carbons (Fsp3) is 0.125. The van der Waals surface area contributed by atoms with Crippen molar-refractivity contribution < 1.29 is 8.42 Å². The van der Waals surface area contributed by atoms with Gasteiger partial charge in [0, 0.05) is 5.02 Å². The number of nitriles is 1.